The van der Waals surface area contributed by atoms with E-state index in [0.717, 1.165) is 10.8 Å². The highest BCUT2D eigenvalue weighted by atomic mass is 35.5. The van der Waals surface area contributed by atoms with Gasteiger partial charge in [-0.1, -0.05) is 35.9 Å². The molecule has 17 heavy (non-hydrogen) atoms. The second kappa shape index (κ2) is 5.65. The van der Waals surface area contributed by atoms with Crippen LogP contribution < -0.4 is 11.3 Å². The maximum atomic E-state index is 5.95. The van der Waals surface area contributed by atoms with Crippen LogP contribution in [0.4, 0.5) is 0 Å². The summed E-state index contributed by atoms with van der Waals surface area (Å²) in [5.41, 5.74) is 5.45. The molecular weight excluding hydrogens is 252 g/mol. The summed E-state index contributed by atoms with van der Waals surface area (Å²) in [5, 5.41) is 0. The lowest BCUT2D eigenvalue weighted by atomic mass is 10.0. The molecule has 2 rings (SSSR count). The third kappa shape index (κ3) is 3.07. The molecule has 1 aromatic heterocycles. The number of aryl methyl sites for hydroxylation is 1. The van der Waals surface area contributed by atoms with Gasteiger partial charge in [-0.05, 0) is 36.6 Å². The van der Waals surface area contributed by atoms with E-state index in [2.05, 4.69) is 30.5 Å². The number of hydrazine groups is 1. The summed E-state index contributed by atoms with van der Waals surface area (Å²) in [7, 11) is 0. The zero-order chi connectivity index (χ0) is 12.3. The molecule has 0 aliphatic heterocycles. The van der Waals surface area contributed by atoms with Crippen LogP contribution in [0.25, 0.3) is 0 Å². The fourth-order valence-corrected chi connectivity index (χ4v) is 2.94. The van der Waals surface area contributed by atoms with Crippen LogP contribution in [0.3, 0.4) is 0 Å². The lowest BCUT2D eigenvalue weighted by Crippen LogP contribution is -2.29. The first kappa shape index (κ1) is 12.6. The molecule has 3 N–H and O–H groups in total. The molecule has 1 heterocycles. The first-order valence-corrected chi connectivity index (χ1v) is 6.66. The summed E-state index contributed by atoms with van der Waals surface area (Å²) < 4.78 is 0.796. The first-order chi connectivity index (χ1) is 8.20. The van der Waals surface area contributed by atoms with E-state index in [1.54, 1.807) is 11.3 Å². The Balaban J connectivity index is 2.18. The maximum absolute atomic E-state index is 5.95. The Morgan fingerprint density at radius 2 is 2.06 bits per heavy atom. The van der Waals surface area contributed by atoms with Crippen molar-refractivity contribution in [3.05, 3.63) is 56.7 Å². The average Bonchev–Trinajstić information content (AvgIpc) is 2.75. The van der Waals surface area contributed by atoms with Gasteiger partial charge in [0, 0.05) is 4.88 Å². The largest absolute Gasteiger partial charge is 0.271 e. The monoisotopic (exact) mass is 266 g/mol. The number of thiophene rings is 1. The molecule has 0 aliphatic rings. The smallest absolute Gasteiger partial charge is 0.0931 e. The van der Waals surface area contributed by atoms with Gasteiger partial charge in [-0.15, -0.1) is 11.3 Å². The highest BCUT2D eigenvalue weighted by Gasteiger charge is 2.13. The van der Waals surface area contributed by atoms with Crippen LogP contribution in [0, 0.1) is 6.92 Å². The van der Waals surface area contributed by atoms with E-state index in [9.17, 15) is 0 Å². The van der Waals surface area contributed by atoms with Crippen molar-refractivity contribution in [3.8, 4) is 0 Å². The third-order valence-corrected chi connectivity index (χ3v) is 4.17. The minimum absolute atomic E-state index is 0.119. The van der Waals surface area contributed by atoms with Gasteiger partial charge in [-0.3, -0.25) is 11.3 Å². The van der Waals surface area contributed by atoms with E-state index < -0.39 is 0 Å². The summed E-state index contributed by atoms with van der Waals surface area (Å²) in [5.74, 6) is 5.63. The molecule has 0 saturated heterocycles. The zero-order valence-electron chi connectivity index (χ0n) is 9.61. The standard InChI is InChI=1S/C13H15ClN2S/c1-9-4-2-3-5-10(9)8-11(16-15)12-6-7-13(14)17-12/h2-7,11,16H,8,15H2,1H3. The van der Waals surface area contributed by atoms with Crippen molar-refractivity contribution < 1.29 is 0 Å². The Hall–Kier alpha value is -0.870. The zero-order valence-corrected chi connectivity index (χ0v) is 11.2. The number of rotatable bonds is 4. The molecule has 0 amide bonds. The van der Waals surface area contributed by atoms with Gasteiger partial charge in [0.1, 0.15) is 0 Å². The summed E-state index contributed by atoms with van der Waals surface area (Å²) in [6.07, 6.45) is 0.875. The van der Waals surface area contributed by atoms with E-state index in [1.807, 2.05) is 18.2 Å². The van der Waals surface area contributed by atoms with Crippen LogP contribution >= 0.6 is 22.9 Å². The molecule has 4 heteroatoms. The molecular formula is C13H15ClN2S. The lowest BCUT2D eigenvalue weighted by molar-refractivity contribution is 0.559. The van der Waals surface area contributed by atoms with Crippen LogP contribution in [0.15, 0.2) is 36.4 Å². The number of benzene rings is 1. The Labute approximate surface area is 110 Å². The lowest BCUT2D eigenvalue weighted by Gasteiger charge is -2.15. The van der Waals surface area contributed by atoms with Crippen molar-refractivity contribution in [2.24, 2.45) is 5.84 Å². The van der Waals surface area contributed by atoms with Gasteiger partial charge in [0.25, 0.3) is 0 Å². The Morgan fingerprint density at radius 1 is 1.29 bits per heavy atom. The topological polar surface area (TPSA) is 38.0 Å². The van der Waals surface area contributed by atoms with Crippen LogP contribution in [0.5, 0.6) is 0 Å². The molecule has 2 nitrogen and oxygen atoms in total. The van der Waals surface area contributed by atoms with Crippen molar-refractivity contribution >= 4 is 22.9 Å². The minimum Gasteiger partial charge on any atom is -0.271 e. The number of nitrogens with one attached hydrogen (secondary N) is 1. The number of hydrogen-bond donors (Lipinski definition) is 2. The molecule has 0 radical (unpaired) electrons. The Bertz CT molecular complexity index is 496. The van der Waals surface area contributed by atoms with Crippen LogP contribution in [-0.2, 0) is 6.42 Å². The van der Waals surface area contributed by atoms with Gasteiger partial charge in [0.05, 0.1) is 10.4 Å². The van der Waals surface area contributed by atoms with E-state index in [-0.39, 0.29) is 6.04 Å². The van der Waals surface area contributed by atoms with E-state index in [1.165, 1.54) is 16.0 Å². The quantitative estimate of drug-likeness (QED) is 0.657. The third-order valence-electron chi connectivity index (χ3n) is 2.82. The number of nitrogens with two attached hydrogens (primary N) is 1. The maximum Gasteiger partial charge on any atom is 0.0931 e. The summed E-state index contributed by atoms with van der Waals surface area (Å²) in [6.45, 7) is 2.12. The van der Waals surface area contributed by atoms with E-state index in [4.69, 9.17) is 17.4 Å². The highest BCUT2D eigenvalue weighted by molar-refractivity contribution is 7.16. The molecule has 0 aliphatic carbocycles. The summed E-state index contributed by atoms with van der Waals surface area (Å²) in [4.78, 5) is 1.17. The molecule has 90 valence electrons. The Morgan fingerprint density at radius 3 is 2.65 bits per heavy atom. The second-order valence-electron chi connectivity index (χ2n) is 3.99. The van der Waals surface area contributed by atoms with Gasteiger partial charge in [-0.25, -0.2) is 0 Å². The summed E-state index contributed by atoms with van der Waals surface area (Å²) >= 11 is 7.51. The fraction of sp³-hybridized carbons (Fsp3) is 0.231. The second-order valence-corrected chi connectivity index (χ2v) is 5.74. The predicted octanol–water partition coefficient (Wildman–Crippen LogP) is 3.46. The molecule has 2 aromatic rings. The fourth-order valence-electron chi connectivity index (χ4n) is 1.82. The number of hydrogen-bond acceptors (Lipinski definition) is 3. The van der Waals surface area contributed by atoms with Gasteiger partial charge in [0.2, 0.25) is 0 Å². The van der Waals surface area contributed by atoms with Crippen molar-refractivity contribution in [1.29, 1.82) is 0 Å². The molecule has 1 aromatic carbocycles. The van der Waals surface area contributed by atoms with Gasteiger partial charge in [0.15, 0.2) is 0 Å². The average molecular weight is 267 g/mol. The van der Waals surface area contributed by atoms with Crippen molar-refractivity contribution in [2.45, 2.75) is 19.4 Å². The van der Waals surface area contributed by atoms with Gasteiger partial charge >= 0.3 is 0 Å². The Kier molecular flexibility index (Phi) is 4.18. The van der Waals surface area contributed by atoms with Crippen molar-refractivity contribution in [1.82, 2.24) is 5.43 Å². The summed E-state index contributed by atoms with van der Waals surface area (Å²) in [6, 6.07) is 12.4. The molecule has 1 unspecified atom stereocenters. The molecule has 0 spiro atoms. The van der Waals surface area contributed by atoms with Crippen molar-refractivity contribution in [3.63, 3.8) is 0 Å². The van der Waals surface area contributed by atoms with Crippen LogP contribution in [-0.4, -0.2) is 0 Å². The number of halogens is 1. The van der Waals surface area contributed by atoms with Crippen LogP contribution in [0.1, 0.15) is 22.0 Å². The molecule has 0 fully saturated rings. The highest BCUT2D eigenvalue weighted by Crippen LogP contribution is 2.29. The molecule has 0 bridgehead atoms. The van der Waals surface area contributed by atoms with Gasteiger partial charge < -0.3 is 0 Å². The predicted molar refractivity (Wildman–Crippen MR) is 74.3 cm³/mol. The first-order valence-electron chi connectivity index (χ1n) is 5.46. The van der Waals surface area contributed by atoms with E-state index in [0.29, 0.717) is 0 Å². The normalized spacial score (nSPS) is 12.6. The van der Waals surface area contributed by atoms with Crippen molar-refractivity contribution in [2.75, 3.05) is 0 Å². The van der Waals surface area contributed by atoms with Crippen LogP contribution in [0.2, 0.25) is 4.34 Å². The SMILES string of the molecule is Cc1ccccc1CC(NN)c1ccc(Cl)s1. The minimum atomic E-state index is 0.119. The van der Waals surface area contributed by atoms with E-state index >= 15 is 0 Å². The molecule has 1 atom stereocenters. The van der Waals surface area contributed by atoms with Gasteiger partial charge in [-0.2, -0.15) is 0 Å². The molecule has 0 saturated carbocycles.